The summed E-state index contributed by atoms with van der Waals surface area (Å²) in [6.45, 7) is 5.66. The van der Waals surface area contributed by atoms with Crippen LogP contribution < -0.4 is 10.2 Å². The predicted molar refractivity (Wildman–Crippen MR) is 108 cm³/mol. The molecule has 2 aromatic rings. The Hall–Kier alpha value is -2.60. The van der Waals surface area contributed by atoms with Crippen molar-refractivity contribution < 1.29 is 14.4 Å². The van der Waals surface area contributed by atoms with E-state index in [1.807, 2.05) is 36.4 Å². The Morgan fingerprint density at radius 3 is 2.26 bits per heavy atom. The van der Waals surface area contributed by atoms with Crippen molar-refractivity contribution >= 4 is 40.9 Å². The lowest BCUT2D eigenvalue weighted by atomic mass is 10.0. The fourth-order valence-corrected chi connectivity index (χ4v) is 4.01. The number of thioether (sulfide) groups is 1. The second-order valence-corrected chi connectivity index (χ2v) is 8.11. The van der Waals surface area contributed by atoms with Crippen LogP contribution in [0.4, 0.5) is 11.4 Å². The Morgan fingerprint density at radius 1 is 1.07 bits per heavy atom. The first-order valence-electron chi connectivity index (χ1n) is 8.86. The monoisotopic (exact) mass is 382 g/mol. The first-order chi connectivity index (χ1) is 12.8. The average Bonchev–Trinajstić information content (AvgIpc) is 2.90. The maximum atomic E-state index is 12.8. The van der Waals surface area contributed by atoms with Gasteiger partial charge in [-0.25, -0.2) is 4.90 Å². The van der Waals surface area contributed by atoms with Gasteiger partial charge in [0.2, 0.25) is 17.7 Å². The van der Waals surface area contributed by atoms with Crippen molar-refractivity contribution in [1.29, 1.82) is 0 Å². The summed E-state index contributed by atoms with van der Waals surface area (Å²) < 4.78 is 0. The standard InChI is InChI=1S/C21H22N2O3S/c1-13(2)15-4-8-17(9-5-15)23-20(25)12-19(21(23)26)27-18-10-6-16(7-11-18)22-14(3)24/h4-11,13,19H,12H2,1-3H3,(H,22,24). The van der Waals surface area contributed by atoms with E-state index in [4.69, 9.17) is 0 Å². The highest BCUT2D eigenvalue weighted by molar-refractivity contribution is 8.00. The molecule has 1 aliphatic heterocycles. The van der Waals surface area contributed by atoms with Gasteiger partial charge in [-0.15, -0.1) is 11.8 Å². The van der Waals surface area contributed by atoms with Gasteiger partial charge in [0.1, 0.15) is 0 Å². The van der Waals surface area contributed by atoms with E-state index in [1.165, 1.54) is 29.1 Å². The van der Waals surface area contributed by atoms with E-state index in [0.717, 1.165) is 4.90 Å². The fraction of sp³-hybridized carbons (Fsp3) is 0.286. The molecule has 0 radical (unpaired) electrons. The summed E-state index contributed by atoms with van der Waals surface area (Å²) in [4.78, 5) is 38.5. The highest BCUT2D eigenvalue weighted by Gasteiger charge is 2.40. The maximum Gasteiger partial charge on any atom is 0.247 e. The fourth-order valence-electron chi connectivity index (χ4n) is 2.96. The zero-order chi connectivity index (χ0) is 19.6. The van der Waals surface area contributed by atoms with Gasteiger partial charge in [-0.05, 0) is 47.9 Å². The van der Waals surface area contributed by atoms with E-state index in [9.17, 15) is 14.4 Å². The van der Waals surface area contributed by atoms with Gasteiger partial charge < -0.3 is 5.32 Å². The molecular formula is C21H22N2O3S. The van der Waals surface area contributed by atoms with E-state index >= 15 is 0 Å². The zero-order valence-corrected chi connectivity index (χ0v) is 16.4. The van der Waals surface area contributed by atoms with Crippen LogP contribution in [0.15, 0.2) is 53.4 Å². The molecule has 3 rings (SSSR count). The minimum atomic E-state index is -0.436. The van der Waals surface area contributed by atoms with Gasteiger partial charge in [0.05, 0.1) is 10.9 Å². The minimum Gasteiger partial charge on any atom is -0.326 e. The zero-order valence-electron chi connectivity index (χ0n) is 15.6. The molecular weight excluding hydrogens is 360 g/mol. The molecule has 6 heteroatoms. The number of carbonyl (C=O) groups is 3. The second kappa shape index (κ2) is 7.96. The van der Waals surface area contributed by atoms with Crippen LogP contribution in [0.5, 0.6) is 0 Å². The molecule has 0 saturated carbocycles. The summed E-state index contributed by atoms with van der Waals surface area (Å²) in [5.41, 5.74) is 2.49. The lowest BCUT2D eigenvalue weighted by molar-refractivity contribution is -0.121. The van der Waals surface area contributed by atoms with E-state index in [2.05, 4.69) is 19.2 Å². The number of nitrogens with one attached hydrogen (secondary N) is 1. The van der Waals surface area contributed by atoms with Gasteiger partial charge in [0.25, 0.3) is 0 Å². The molecule has 27 heavy (non-hydrogen) atoms. The van der Waals surface area contributed by atoms with E-state index < -0.39 is 5.25 Å². The lowest BCUT2D eigenvalue weighted by Crippen LogP contribution is -2.31. The Balaban J connectivity index is 1.71. The number of hydrogen-bond donors (Lipinski definition) is 1. The smallest absolute Gasteiger partial charge is 0.247 e. The van der Waals surface area contributed by atoms with Crippen molar-refractivity contribution in [3.8, 4) is 0 Å². The average molecular weight is 382 g/mol. The van der Waals surface area contributed by atoms with Gasteiger partial charge >= 0.3 is 0 Å². The molecule has 2 aromatic carbocycles. The van der Waals surface area contributed by atoms with Crippen molar-refractivity contribution in [3.05, 3.63) is 54.1 Å². The molecule has 1 aliphatic rings. The van der Waals surface area contributed by atoms with Crippen LogP contribution in [0, 0.1) is 0 Å². The molecule has 140 valence electrons. The van der Waals surface area contributed by atoms with Crippen molar-refractivity contribution in [3.63, 3.8) is 0 Å². The SMILES string of the molecule is CC(=O)Nc1ccc(SC2CC(=O)N(c3ccc(C(C)C)cc3)C2=O)cc1. The summed E-state index contributed by atoms with van der Waals surface area (Å²) in [6, 6.07) is 14.8. The number of benzene rings is 2. The van der Waals surface area contributed by atoms with Gasteiger partial charge in [-0.3, -0.25) is 14.4 Å². The summed E-state index contributed by atoms with van der Waals surface area (Å²) >= 11 is 1.37. The Labute approximate surface area is 163 Å². The summed E-state index contributed by atoms with van der Waals surface area (Å²) in [6.07, 6.45) is 0.183. The van der Waals surface area contributed by atoms with Crippen LogP contribution in [0.3, 0.4) is 0 Å². The van der Waals surface area contributed by atoms with Gasteiger partial charge in [0, 0.05) is 23.9 Å². The molecule has 1 saturated heterocycles. The summed E-state index contributed by atoms with van der Waals surface area (Å²) in [5, 5.41) is 2.27. The third-order valence-corrected chi connectivity index (χ3v) is 5.57. The van der Waals surface area contributed by atoms with Gasteiger partial charge in [-0.1, -0.05) is 26.0 Å². The molecule has 1 unspecified atom stereocenters. The largest absolute Gasteiger partial charge is 0.326 e. The summed E-state index contributed by atoms with van der Waals surface area (Å²) in [7, 11) is 0. The van der Waals surface area contributed by atoms with Gasteiger partial charge in [-0.2, -0.15) is 0 Å². The molecule has 1 heterocycles. The van der Waals surface area contributed by atoms with Crippen molar-refractivity contribution in [2.45, 2.75) is 43.3 Å². The highest BCUT2D eigenvalue weighted by atomic mass is 32.2. The van der Waals surface area contributed by atoms with Crippen LogP contribution in [0.25, 0.3) is 0 Å². The molecule has 1 N–H and O–H groups in total. The number of amides is 3. The van der Waals surface area contributed by atoms with Crippen LogP contribution in [-0.2, 0) is 14.4 Å². The predicted octanol–water partition coefficient (Wildman–Crippen LogP) is 4.19. The Morgan fingerprint density at radius 2 is 1.70 bits per heavy atom. The van der Waals surface area contributed by atoms with E-state index in [1.54, 1.807) is 12.1 Å². The van der Waals surface area contributed by atoms with Crippen molar-refractivity contribution in [1.82, 2.24) is 0 Å². The number of carbonyl (C=O) groups excluding carboxylic acids is 3. The topological polar surface area (TPSA) is 66.5 Å². The third-order valence-electron chi connectivity index (χ3n) is 4.38. The third kappa shape index (κ3) is 4.39. The first kappa shape index (κ1) is 19.2. The number of nitrogens with zero attached hydrogens (tertiary/aromatic N) is 1. The molecule has 0 aliphatic carbocycles. The van der Waals surface area contributed by atoms with Crippen molar-refractivity contribution in [2.24, 2.45) is 0 Å². The minimum absolute atomic E-state index is 0.133. The number of hydrogen-bond acceptors (Lipinski definition) is 4. The molecule has 1 fully saturated rings. The molecule has 3 amide bonds. The quantitative estimate of drug-likeness (QED) is 0.788. The van der Waals surface area contributed by atoms with Crippen LogP contribution >= 0.6 is 11.8 Å². The highest BCUT2D eigenvalue weighted by Crippen LogP contribution is 2.34. The lowest BCUT2D eigenvalue weighted by Gasteiger charge is -2.16. The number of imide groups is 1. The Bertz CT molecular complexity index is 860. The first-order valence-corrected chi connectivity index (χ1v) is 9.74. The number of anilines is 2. The van der Waals surface area contributed by atoms with Crippen molar-refractivity contribution in [2.75, 3.05) is 10.2 Å². The van der Waals surface area contributed by atoms with E-state index in [-0.39, 0.29) is 24.1 Å². The molecule has 0 aromatic heterocycles. The van der Waals surface area contributed by atoms with Crippen LogP contribution in [0.1, 0.15) is 38.7 Å². The normalized spacial score (nSPS) is 16.9. The molecule has 1 atom stereocenters. The molecule has 0 bridgehead atoms. The van der Waals surface area contributed by atoms with Crippen LogP contribution in [0.2, 0.25) is 0 Å². The molecule has 5 nitrogen and oxygen atoms in total. The van der Waals surface area contributed by atoms with Gasteiger partial charge in [0.15, 0.2) is 0 Å². The molecule has 0 spiro atoms. The second-order valence-electron chi connectivity index (χ2n) is 6.83. The maximum absolute atomic E-state index is 12.8. The van der Waals surface area contributed by atoms with Crippen LogP contribution in [-0.4, -0.2) is 23.0 Å². The summed E-state index contributed by atoms with van der Waals surface area (Å²) in [5.74, 6) is -0.100. The Kier molecular flexibility index (Phi) is 5.65. The van der Waals surface area contributed by atoms with E-state index in [0.29, 0.717) is 17.3 Å². The number of rotatable bonds is 5.